The molecule has 0 atom stereocenters. The van der Waals surface area contributed by atoms with Gasteiger partial charge < -0.3 is 9.47 Å². The van der Waals surface area contributed by atoms with Crippen molar-refractivity contribution in [2.75, 3.05) is 14.2 Å². The van der Waals surface area contributed by atoms with Crippen molar-refractivity contribution < 1.29 is 9.47 Å². The van der Waals surface area contributed by atoms with Crippen molar-refractivity contribution >= 4 is 11.2 Å². The van der Waals surface area contributed by atoms with Gasteiger partial charge in [0.15, 0.2) is 11.9 Å². The second kappa shape index (κ2) is 5.03. The van der Waals surface area contributed by atoms with Crippen molar-refractivity contribution in [1.82, 2.24) is 14.5 Å². The summed E-state index contributed by atoms with van der Waals surface area (Å²) >= 11 is 0. The number of hydrogen-bond donors (Lipinski definition) is 0. The molecule has 90 valence electrons. The second-order valence-electron chi connectivity index (χ2n) is 3.45. The molecule has 2 heterocycles. The summed E-state index contributed by atoms with van der Waals surface area (Å²) in [6, 6.07) is 3.11. The van der Waals surface area contributed by atoms with E-state index in [0.29, 0.717) is 11.2 Å². The Hall–Kier alpha value is -1.79. The molecule has 0 aliphatic heterocycles. The minimum Gasteiger partial charge on any atom is -0.354 e. The van der Waals surface area contributed by atoms with E-state index in [2.05, 4.69) is 9.97 Å². The number of hydrogen-bond acceptors (Lipinski definition) is 5. The van der Waals surface area contributed by atoms with Gasteiger partial charge in [0.25, 0.3) is 5.56 Å². The highest BCUT2D eigenvalue weighted by Crippen LogP contribution is 2.06. The molecule has 0 aromatic carbocycles. The minimum atomic E-state index is -0.486. The van der Waals surface area contributed by atoms with E-state index in [1.807, 2.05) is 0 Å². The normalized spacial score (nSPS) is 11.2. The lowest BCUT2D eigenvalue weighted by Gasteiger charge is -2.15. The summed E-state index contributed by atoms with van der Waals surface area (Å²) in [4.78, 5) is 20.1. The molecule has 0 aliphatic carbocycles. The number of aromatic nitrogens is 3. The zero-order valence-corrected chi connectivity index (χ0v) is 9.66. The molecule has 0 radical (unpaired) electrons. The average Bonchev–Trinajstić information content (AvgIpc) is 2.38. The molecule has 0 bridgehead atoms. The topological polar surface area (TPSA) is 66.2 Å². The summed E-state index contributed by atoms with van der Waals surface area (Å²) in [5.74, 6) is 0. The number of ether oxygens (including phenoxy) is 2. The van der Waals surface area contributed by atoms with Crippen LogP contribution in [0.5, 0.6) is 0 Å². The number of nitrogens with zero attached hydrogens (tertiary/aromatic N) is 3. The Kier molecular flexibility index (Phi) is 3.46. The summed E-state index contributed by atoms with van der Waals surface area (Å²) in [5, 5.41) is 0. The van der Waals surface area contributed by atoms with E-state index in [0.717, 1.165) is 0 Å². The predicted octanol–water partition coefficient (Wildman–Crippen LogP) is 0.410. The fourth-order valence-corrected chi connectivity index (χ4v) is 1.58. The lowest BCUT2D eigenvalue weighted by Crippen LogP contribution is -2.29. The molecule has 0 unspecified atom stereocenters. The monoisotopic (exact) mass is 235 g/mol. The maximum Gasteiger partial charge on any atom is 0.252 e. The number of methoxy groups -OCH3 is 2. The van der Waals surface area contributed by atoms with Crippen LogP contribution >= 0.6 is 0 Å². The van der Waals surface area contributed by atoms with Crippen molar-refractivity contribution in [3.05, 3.63) is 34.9 Å². The van der Waals surface area contributed by atoms with E-state index >= 15 is 0 Å². The molecule has 0 saturated heterocycles. The van der Waals surface area contributed by atoms with Gasteiger partial charge in [-0.25, -0.2) is 4.98 Å². The highest BCUT2D eigenvalue weighted by Gasteiger charge is 2.11. The molecule has 0 N–H and O–H groups in total. The minimum absolute atomic E-state index is 0.155. The van der Waals surface area contributed by atoms with Crippen LogP contribution < -0.4 is 5.56 Å². The van der Waals surface area contributed by atoms with Gasteiger partial charge in [-0.1, -0.05) is 0 Å². The number of rotatable bonds is 4. The first-order valence-electron chi connectivity index (χ1n) is 5.12. The standard InChI is InChI=1S/C11H13N3O3/c1-16-10(17-2)7-14-9(15)4-3-8-11(14)13-6-5-12-8/h3-6,10H,7H2,1-2H3. The summed E-state index contributed by atoms with van der Waals surface area (Å²) in [5.41, 5.74) is 1.04. The van der Waals surface area contributed by atoms with E-state index in [-0.39, 0.29) is 12.1 Å². The van der Waals surface area contributed by atoms with E-state index in [4.69, 9.17) is 9.47 Å². The highest BCUT2D eigenvalue weighted by molar-refractivity contribution is 5.69. The van der Waals surface area contributed by atoms with Crippen LogP contribution in [0.2, 0.25) is 0 Å². The van der Waals surface area contributed by atoms with Gasteiger partial charge in [0, 0.05) is 32.7 Å². The van der Waals surface area contributed by atoms with Crippen molar-refractivity contribution in [2.24, 2.45) is 0 Å². The second-order valence-corrected chi connectivity index (χ2v) is 3.45. The largest absolute Gasteiger partial charge is 0.354 e. The Bertz CT molecular complexity index is 563. The first-order chi connectivity index (χ1) is 8.26. The van der Waals surface area contributed by atoms with Crippen molar-refractivity contribution in [3.8, 4) is 0 Å². The van der Waals surface area contributed by atoms with Crippen LogP contribution in [-0.4, -0.2) is 35.0 Å². The molecule has 0 spiro atoms. The van der Waals surface area contributed by atoms with E-state index in [9.17, 15) is 4.79 Å². The maximum absolute atomic E-state index is 11.8. The predicted molar refractivity (Wildman–Crippen MR) is 61.6 cm³/mol. The molecule has 2 rings (SSSR count). The van der Waals surface area contributed by atoms with Crippen LogP contribution in [0.1, 0.15) is 0 Å². The van der Waals surface area contributed by atoms with Crippen LogP contribution in [0.3, 0.4) is 0 Å². The molecule has 0 amide bonds. The molecule has 0 aliphatic rings. The van der Waals surface area contributed by atoms with Gasteiger partial charge in [0.2, 0.25) is 0 Å². The summed E-state index contributed by atoms with van der Waals surface area (Å²) < 4.78 is 11.6. The molecular weight excluding hydrogens is 222 g/mol. The summed E-state index contributed by atoms with van der Waals surface area (Å²) in [6.07, 6.45) is 2.65. The lowest BCUT2D eigenvalue weighted by atomic mass is 10.4. The van der Waals surface area contributed by atoms with Crippen LogP contribution in [-0.2, 0) is 16.0 Å². The summed E-state index contributed by atoms with van der Waals surface area (Å²) in [6.45, 7) is 0.280. The molecule has 2 aromatic rings. The van der Waals surface area contributed by atoms with Crippen molar-refractivity contribution in [1.29, 1.82) is 0 Å². The van der Waals surface area contributed by atoms with Gasteiger partial charge in [-0.2, -0.15) is 0 Å². The third-order valence-corrected chi connectivity index (χ3v) is 2.47. The molecule has 6 nitrogen and oxygen atoms in total. The zero-order valence-electron chi connectivity index (χ0n) is 9.66. The maximum atomic E-state index is 11.8. The first kappa shape index (κ1) is 11.7. The Morgan fingerprint density at radius 2 is 1.94 bits per heavy atom. The van der Waals surface area contributed by atoms with Gasteiger partial charge in [-0.15, -0.1) is 0 Å². The Labute approximate surface area is 97.8 Å². The fraction of sp³-hybridized carbons (Fsp3) is 0.364. The van der Waals surface area contributed by atoms with Gasteiger partial charge in [0.1, 0.15) is 5.52 Å². The third-order valence-electron chi connectivity index (χ3n) is 2.47. The smallest absolute Gasteiger partial charge is 0.252 e. The third kappa shape index (κ3) is 2.32. The van der Waals surface area contributed by atoms with Crippen LogP contribution in [0, 0.1) is 0 Å². The SMILES string of the molecule is COC(Cn1c(=O)ccc2nccnc21)OC. The summed E-state index contributed by atoms with van der Waals surface area (Å²) in [7, 11) is 3.05. The van der Waals surface area contributed by atoms with Crippen molar-refractivity contribution in [2.45, 2.75) is 12.8 Å². The first-order valence-corrected chi connectivity index (χ1v) is 5.12. The van der Waals surface area contributed by atoms with Gasteiger partial charge in [-0.05, 0) is 6.07 Å². The molecule has 2 aromatic heterocycles. The number of fused-ring (bicyclic) bond motifs is 1. The van der Waals surface area contributed by atoms with E-state index < -0.39 is 6.29 Å². The quantitative estimate of drug-likeness (QED) is 0.718. The van der Waals surface area contributed by atoms with E-state index in [1.165, 1.54) is 24.9 Å². The molecule has 0 fully saturated rings. The lowest BCUT2D eigenvalue weighted by molar-refractivity contribution is -0.110. The molecule has 0 saturated carbocycles. The van der Waals surface area contributed by atoms with Crippen LogP contribution in [0.15, 0.2) is 29.3 Å². The van der Waals surface area contributed by atoms with Crippen LogP contribution in [0.25, 0.3) is 11.2 Å². The Morgan fingerprint density at radius 1 is 1.24 bits per heavy atom. The van der Waals surface area contributed by atoms with Crippen molar-refractivity contribution in [3.63, 3.8) is 0 Å². The molecule has 17 heavy (non-hydrogen) atoms. The molecular formula is C11H13N3O3. The van der Waals surface area contributed by atoms with Gasteiger partial charge >= 0.3 is 0 Å². The molecule has 6 heteroatoms. The Morgan fingerprint density at radius 3 is 2.65 bits per heavy atom. The van der Waals surface area contributed by atoms with E-state index in [1.54, 1.807) is 18.5 Å². The van der Waals surface area contributed by atoms with Gasteiger partial charge in [-0.3, -0.25) is 14.3 Å². The fourth-order valence-electron chi connectivity index (χ4n) is 1.58. The van der Waals surface area contributed by atoms with Gasteiger partial charge in [0.05, 0.1) is 6.54 Å². The Balaban J connectivity index is 2.51. The highest BCUT2D eigenvalue weighted by atomic mass is 16.7. The zero-order chi connectivity index (χ0) is 12.3. The number of pyridine rings is 1. The van der Waals surface area contributed by atoms with Crippen LogP contribution in [0.4, 0.5) is 0 Å². The average molecular weight is 235 g/mol.